The van der Waals surface area contributed by atoms with Gasteiger partial charge in [-0.2, -0.15) is 0 Å². The van der Waals surface area contributed by atoms with E-state index in [9.17, 15) is 19.5 Å². The standard InChI is InChI=1S/C45H81NO7/c1-6-8-10-12-14-16-18-20-22-24-25-27-29-31-33-35-43(47)52-40-41(39-51-38-37-42(45(49)50)46(3,4)5)53-44(48)36-34-32-30-28-26-23-21-19-17-15-13-11-9-7-2/h9,11,15,17,21,23,41-42H,6-8,10,12-14,16,18-20,22,24-40H2,1-5H3/p+1/b11-9+,17-15+,23-21+. The molecule has 0 aliphatic heterocycles. The molecular formula is C45H82NO7+. The SMILES string of the molecule is CC/C=C/C/C=C/C/C=C/CCCCCCC(=O)OC(COCCC(C(=O)O)[N+](C)(C)C)COC(=O)CCCCCCCCCCCCCCCCC. The van der Waals surface area contributed by atoms with Gasteiger partial charge in [-0.1, -0.05) is 153 Å². The van der Waals surface area contributed by atoms with Crippen LogP contribution in [-0.2, 0) is 28.6 Å². The molecule has 0 aliphatic carbocycles. The molecule has 0 aromatic carbocycles. The molecule has 0 fully saturated rings. The van der Waals surface area contributed by atoms with E-state index in [4.69, 9.17) is 14.2 Å². The summed E-state index contributed by atoms with van der Waals surface area (Å²) in [6, 6.07) is -0.617. The molecule has 1 N–H and O–H groups in total. The number of hydrogen-bond donors (Lipinski definition) is 1. The largest absolute Gasteiger partial charge is 0.477 e. The van der Waals surface area contributed by atoms with Crippen molar-refractivity contribution in [2.75, 3.05) is 41.0 Å². The first-order valence-corrected chi connectivity index (χ1v) is 21.5. The molecule has 0 aromatic rings. The second-order valence-corrected chi connectivity index (χ2v) is 15.6. The summed E-state index contributed by atoms with van der Waals surface area (Å²) in [6.45, 7) is 4.60. The van der Waals surface area contributed by atoms with Gasteiger partial charge >= 0.3 is 17.9 Å². The van der Waals surface area contributed by atoms with Crippen LogP contribution in [0.4, 0.5) is 0 Å². The lowest BCUT2D eigenvalue weighted by atomic mass is 10.0. The van der Waals surface area contributed by atoms with Crippen molar-refractivity contribution in [3.63, 3.8) is 0 Å². The second kappa shape index (κ2) is 36.5. The van der Waals surface area contributed by atoms with Gasteiger partial charge in [0.2, 0.25) is 0 Å². The lowest BCUT2D eigenvalue weighted by Gasteiger charge is -2.31. The minimum absolute atomic E-state index is 0.0540. The average Bonchev–Trinajstić information content (AvgIpc) is 3.11. The maximum atomic E-state index is 12.7. The van der Waals surface area contributed by atoms with Gasteiger partial charge in [-0.15, -0.1) is 0 Å². The number of ether oxygens (including phenoxy) is 3. The number of carbonyl (C=O) groups is 3. The van der Waals surface area contributed by atoms with Crippen molar-refractivity contribution in [2.24, 2.45) is 0 Å². The zero-order valence-electron chi connectivity index (χ0n) is 35.0. The third kappa shape index (κ3) is 35.0. The fourth-order valence-corrected chi connectivity index (χ4v) is 6.22. The Balaban J connectivity index is 4.37. The molecule has 8 heteroatoms. The van der Waals surface area contributed by atoms with Crippen LogP contribution < -0.4 is 0 Å². The molecule has 2 unspecified atom stereocenters. The van der Waals surface area contributed by atoms with Gasteiger partial charge in [0.05, 0.1) is 34.4 Å². The Morgan fingerprint density at radius 2 is 1.06 bits per heavy atom. The Labute approximate surface area is 325 Å². The normalized spacial score (nSPS) is 13.3. The number of carboxylic acids is 1. The van der Waals surface area contributed by atoms with E-state index in [1.165, 1.54) is 77.0 Å². The molecule has 0 heterocycles. The first-order chi connectivity index (χ1) is 25.6. The van der Waals surface area contributed by atoms with Crippen molar-refractivity contribution in [3.05, 3.63) is 36.5 Å². The molecule has 0 rings (SSSR count). The number of nitrogens with zero attached hydrogens (tertiary/aromatic N) is 1. The Bertz CT molecular complexity index is 968. The lowest BCUT2D eigenvalue weighted by molar-refractivity contribution is -0.887. The van der Waals surface area contributed by atoms with Crippen LogP contribution >= 0.6 is 0 Å². The third-order valence-corrected chi connectivity index (χ3v) is 9.55. The number of aliphatic carboxylic acids is 1. The minimum atomic E-state index is -0.879. The summed E-state index contributed by atoms with van der Waals surface area (Å²) in [6.07, 6.45) is 40.4. The summed E-state index contributed by atoms with van der Waals surface area (Å²) in [7, 11) is 5.52. The second-order valence-electron chi connectivity index (χ2n) is 15.6. The summed E-state index contributed by atoms with van der Waals surface area (Å²) >= 11 is 0. The van der Waals surface area contributed by atoms with E-state index in [0.29, 0.717) is 19.3 Å². The van der Waals surface area contributed by atoms with E-state index in [2.05, 4.69) is 50.3 Å². The predicted molar refractivity (Wildman–Crippen MR) is 220 cm³/mol. The number of carbonyl (C=O) groups excluding carboxylic acids is 2. The molecule has 0 saturated carbocycles. The first-order valence-electron chi connectivity index (χ1n) is 21.5. The van der Waals surface area contributed by atoms with Gasteiger partial charge in [0, 0.05) is 19.3 Å². The van der Waals surface area contributed by atoms with Crippen LogP contribution in [0.25, 0.3) is 0 Å². The quantitative estimate of drug-likeness (QED) is 0.0290. The number of carboxylic acid groups (broad SMARTS) is 1. The molecule has 0 aliphatic rings. The van der Waals surface area contributed by atoms with E-state index in [1.807, 2.05) is 21.1 Å². The number of likely N-dealkylation sites (N-methyl/N-ethyl adjacent to an activating group) is 1. The average molecular weight is 749 g/mol. The maximum Gasteiger partial charge on any atom is 0.362 e. The highest BCUT2D eigenvalue weighted by atomic mass is 16.6. The van der Waals surface area contributed by atoms with Gasteiger partial charge in [-0.25, -0.2) is 4.79 Å². The Morgan fingerprint density at radius 1 is 0.585 bits per heavy atom. The van der Waals surface area contributed by atoms with Crippen LogP contribution in [0.3, 0.4) is 0 Å². The molecule has 2 atom stereocenters. The topological polar surface area (TPSA) is 99.1 Å². The summed E-state index contributed by atoms with van der Waals surface area (Å²) in [5, 5.41) is 9.61. The zero-order chi connectivity index (χ0) is 39.3. The number of allylic oxidation sites excluding steroid dienone is 6. The van der Waals surface area contributed by atoms with Crippen molar-refractivity contribution in [2.45, 2.75) is 193 Å². The molecule has 8 nitrogen and oxygen atoms in total. The summed E-state index contributed by atoms with van der Waals surface area (Å²) in [4.78, 5) is 36.9. The van der Waals surface area contributed by atoms with Crippen molar-refractivity contribution in [1.29, 1.82) is 0 Å². The highest BCUT2D eigenvalue weighted by Crippen LogP contribution is 2.15. The molecule has 0 aromatic heterocycles. The van der Waals surface area contributed by atoms with Gasteiger partial charge in [0.15, 0.2) is 12.1 Å². The van der Waals surface area contributed by atoms with Crippen LogP contribution in [0, 0.1) is 0 Å². The number of unbranched alkanes of at least 4 members (excludes halogenated alkanes) is 18. The maximum absolute atomic E-state index is 12.7. The fraction of sp³-hybridized carbons (Fsp3) is 0.800. The number of esters is 2. The minimum Gasteiger partial charge on any atom is -0.477 e. The van der Waals surface area contributed by atoms with E-state index in [0.717, 1.165) is 70.6 Å². The van der Waals surface area contributed by atoms with E-state index in [1.54, 1.807) is 0 Å². The molecule has 308 valence electrons. The summed E-state index contributed by atoms with van der Waals surface area (Å²) in [5.74, 6) is -1.49. The van der Waals surface area contributed by atoms with Crippen molar-refractivity contribution in [1.82, 2.24) is 0 Å². The van der Waals surface area contributed by atoms with Crippen LogP contribution in [0.1, 0.15) is 181 Å². The predicted octanol–water partition coefficient (Wildman–Crippen LogP) is 11.5. The molecule has 0 spiro atoms. The van der Waals surface area contributed by atoms with Gasteiger partial charge in [-0.05, 0) is 44.9 Å². The monoisotopic (exact) mass is 749 g/mol. The molecular weight excluding hydrogens is 666 g/mol. The molecule has 0 amide bonds. The highest BCUT2D eigenvalue weighted by molar-refractivity contribution is 5.72. The van der Waals surface area contributed by atoms with Crippen molar-refractivity contribution < 1.29 is 38.2 Å². The van der Waals surface area contributed by atoms with Crippen molar-refractivity contribution >= 4 is 17.9 Å². The number of hydrogen-bond acceptors (Lipinski definition) is 6. The Morgan fingerprint density at radius 3 is 1.57 bits per heavy atom. The van der Waals surface area contributed by atoms with E-state index in [-0.39, 0.29) is 36.2 Å². The van der Waals surface area contributed by atoms with Gasteiger partial charge in [0.25, 0.3) is 0 Å². The van der Waals surface area contributed by atoms with E-state index < -0.39 is 18.1 Å². The smallest absolute Gasteiger partial charge is 0.362 e. The van der Waals surface area contributed by atoms with E-state index >= 15 is 0 Å². The summed E-state index contributed by atoms with van der Waals surface area (Å²) in [5.41, 5.74) is 0. The van der Waals surface area contributed by atoms with Gasteiger partial charge < -0.3 is 23.8 Å². The van der Waals surface area contributed by atoms with Crippen LogP contribution in [0.5, 0.6) is 0 Å². The van der Waals surface area contributed by atoms with Gasteiger partial charge in [0.1, 0.15) is 6.61 Å². The number of rotatable bonds is 38. The highest BCUT2D eigenvalue weighted by Gasteiger charge is 2.31. The molecule has 0 bridgehead atoms. The van der Waals surface area contributed by atoms with Crippen molar-refractivity contribution in [3.8, 4) is 0 Å². The molecule has 53 heavy (non-hydrogen) atoms. The summed E-state index contributed by atoms with van der Waals surface area (Å²) < 4.78 is 17.2. The first kappa shape index (κ1) is 50.5. The molecule has 0 saturated heterocycles. The van der Waals surface area contributed by atoms with Crippen LogP contribution in [0.2, 0.25) is 0 Å². The fourth-order valence-electron chi connectivity index (χ4n) is 6.22. The molecule has 0 radical (unpaired) electrons. The Hall–Kier alpha value is -2.45. The van der Waals surface area contributed by atoms with Crippen LogP contribution in [-0.4, -0.2) is 80.6 Å². The van der Waals surface area contributed by atoms with Crippen LogP contribution in [0.15, 0.2) is 36.5 Å². The Kier molecular flexibility index (Phi) is 34.8. The number of quaternary nitrogens is 1. The lowest BCUT2D eigenvalue weighted by Crippen LogP contribution is -2.50. The zero-order valence-corrected chi connectivity index (χ0v) is 35.0. The third-order valence-electron chi connectivity index (χ3n) is 9.55. The van der Waals surface area contributed by atoms with Gasteiger partial charge in [-0.3, -0.25) is 9.59 Å².